The van der Waals surface area contributed by atoms with E-state index in [0.717, 1.165) is 29.8 Å². The summed E-state index contributed by atoms with van der Waals surface area (Å²) < 4.78 is 12.7. The molecule has 0 bridgehead atoms. The summed E-state index contributed by atoms with van der Waals surface area (Å²) in [5.41, 5.74) is 1.47. The number of aliphatic hydroxyl groups is 1. The molecule has 4 heterocycles. The fraction of sp³-hybridized carbons (Fsp3) is 0.733. The first-order valence-electron chi connectivity index (χ1n) is 15.0. The molecule has 212 valence electrons. The molecule has 1 aromatic rings. The van der Waals surface area contributed by atoms with Gasteiger partial charge in [0.25, 0.3) is 5.91 Å². The normalized spacial score (nSPS) is 27.6. The van der Waals surface area contributed by atoms with Crippen molar-refractivity contribution in [1.82, 2.24) is 9.80 Å². The van der Waals surface area contributed by atoms with E-state index < -0.39 is 29.8 Å². The van der Waals surface area contributed by atoms with E-state index in [1.54, 1.807) is 4.90 Å². The lowest BCUT2D eigenvalue weighted by Crippen LogP contribution is -2.64. The highest BCUT2D eigenvalue weighted by Crippen LogP contribution is 2.50. The zero-order valence-corrected chi connectivity index (χ0v) is 24.2. The Labute approximate surface area is 233 Å². The van der Waals surface area contributed by atoms with Crippen LogP contribution in [0.4, 0.5) is 5.69 Å². The van der Waals surface area contributed by atoms with Crippen molar-refractivity contribution in [3.8, 4) is 0 Å². The van der Waals surface area contributed by atoms with Crippen LogP contribution in [0.25, 0.3) is 0 Å². The van der Waals surface area contributed by atoms with E-state index in [1.807, 2.05) is 0 Å². The van der Waals surface area contributed by atoms with Crippen LogP contribution in [0.1, 0.15) is 85.1 Å². The zero-order valence-electron chi connectivity index (χ0n) is 24.2. The van der Waals surface area contributed by atoms with Gasteiger partial charge in [-0.1, -0.05) is 31.4 Å². The van der Waals surface area contributed by atoms with Gasteiger partial charge in [-0.2, -0.15) is 0 Å². The minimum Gasteiger partial charge on any atom is -0.399 e. The second kappa shape index (κ2) is 9.57. The molecule has 4 fully saturated rings. The van der Waals surface area contributed by atoms with Gasteiger partial charge in [-0.05, 0) is 77.4 Å². The van der Waals surface area contributed by atoms with Gasteiger partial charge in [-0.25, -0.2) is 0 Å². The van der Waals surface area contributed by atoms with E-state index in [4.69, 9.17) is 9.31 Å². The maximum Gasteiger partial charge on any atom is 0.494 e. The van der Waals surface area contributed by atoms with Crippen LogP contribution < -0.4 is 10.4 Å². The molecule has 1 aromatic carbocycles. The number of carbonyl (C=O) groups is 2. The molecule has 0 radical (unpaired) electrons. The molecule has 4 aliphatic heterocycles. The van der Waals surface area contributed by atoms with Crippen LogP contribution in [-0.4, -0.2) is 89.4 Å². The van der Waals surface area contributed by atoms with Gasteiger partial charge >= 0.3 is 7.12 Å². The number of rotatable bonds is 4. The van der Waals surface area contributed by atoms with E-state index in [0.29, 0.717) is 32.0 Å². The lowest BCUT2D eigenvalue weighted by atomic mass is 9.71. The van der Waals surface area contributed by atoms with Crippen LogP contribution >= 0.6 is 0 Å². The summed E-state index contributed by atoms with van der Waals surface area (Å²) in [5, 5.41) is 9.84. The number of anilines is 1. The van der Waals surface area contributed by atoms with E-state index >= 15 is 0 Å². The van der Waals surface area contributed by atoms with Crippen molar-refractivity contribution >= 4 is 30.1 Å². The van der Waals surface area contributed by atoms with Crippen LogP contribution in [0.5, 0.6) is 0 Å². The first-order chi connectivity index (χ1) is 18.4. The van der Waals surface area contributed by atoms with Crippen molar-refractivity contribution in [2.45, 2.75) is 114 Å². The summed E-state index contributed by atoms with van der Waals surface area (Å²) >= 11 is 0. The summed E-state index contributed by atoms with van der Waals surface area (Å²) in [6, 6.07) is 7.09. The predicted molar refractivity (Wildman–Crippen MR) is 151 cm³/mol. The average molecular weight is 538 g/mol. The van der Waals surface area contributed by atoms with Crippen molar-refractivity contribution in [2.75, 3.05) is 31.1 Å². The average Bonchev–Trinajstić information content (AvgIpc) is 3.24. The van der Waals surface area contributed by atoms with Crippen LogP contribution in [0.3, 0.4) is 0 Å². The molecule has 6 rings (SSSR count). The van der Waals surface area contributed by atoms with E-state index in [9.17, 15) is 14.7 Å². The van der Waals surface area contributed by atoms with Crippen molar-refractivity contribution in [3.63, 3.8) is 0 Å². The molecule has 0 aromatic heterocycles. The SMILES string of the molecule is C[C@@H](O)C(=O)N1CCC2(CC1)C(=O)N(C1CN(C3CCCCC3)C1)c1cc(B3OC(C)(C)C(C)(C)O3)ccc12. The molecule has 9 heteroatoms. The quantitative estimate of drug-likeness (QED) is 0.595. The van der Waals surface area contributed by atoms with E-state index in [1.165, 1.54) is 39.0 Å². The molecular formula is C30H44BN3O5. The van der Waals surface area contributed by atoms with Gasteiger partial charge in [0.1, 0.15) is 6.10 Å². The highest BCUT2D eigenvalue weighted by molar-refractivity contribution is 6.62. The molecule has 0 unspecified atom stereocenters. The molecule has 3 saturated heterocycles. The summed E-state index contributed by atoms with van der Waals surface area (Å²) in [6.45, 7) is 12.5. The molecule has 1 N–H and O–H groups in total. The minimum atomic E-state index is -1.02. The van der Waals surface area contributed by atoms with Gasteiger partial charge in [-0.15, -0.1) is 0 Å². The fourth-order valence-electron chi connectivity index (χ4n) is 7.35. The number of hydrogen-bond acceptors (Lipinski definition) is 6. The topological polar surface area (TPSA) is 82.6 Å². The Morgan fingerprint density at radius 3 is 2.21 bits per heavy atom. The summed E-state index contributed by atoms with van der Waals surface area (Å²) in [6.07, 6.45) is 6.60. The number of nitrogens with zero attached hydrogens (tertiary/aromatic N) is 3. The summed E-state index contributed by atoms with van der Waals surface area (Å²) in [4.78, 5) is 33.2. The predicted octanol–water partition coefficient (Wildman–Crippen LogP) is 2.59. The molecule has 1 aliphatic carbocycles. The summed E-state index contributed by atoms with van der Waals surface area (Å²) in [7, 11) is -0.487. The zero-order chi connectivity index (χ0) is 27.7. The fourth-order valence-corrected chi connectivity index (χ4v) is 7.35. The van der Waals surface area contributed by atoms with Crippen LogP contribution in [0.2, 0.25) is 0 Å². The maximum atomic E-state index is 14.4. The molecule has 1 atom stereocenters. The number of benzene rings is 1. The number of carbonyl (C=O) groups excluding carboxylic acids is 2. The van der Waals surface area contributed by atoms with Crippen LogP contribution in [0.15, 0.2) is 18.2 Å². The molecule has 1 saturated carbocycles. The Kier molecular flexibility index (Phi) is 6.69. The third-order valence-corrected chi connectivity index (χ3v) is 10.6. The largest absolute Gasteiger partial charge is 0.494 e. The number of hydrogen-bond donors (Lipinski definition) is 1. The molecular weight excluding hydrogens is 493 g/mol. The number of likely N-dealkylation sites (tertiary alicyclic amines) is 2. The number of aliphatic hydroxyl groups excluding tert-OH is 1. The highest BCUT2D eigenvalue weighted by atomic mass is 16.7. The highest BCUT2D eigenvalue weighted by Gasteiger charge is 2.57. The molecule has 1 spiro atoms. The smallest absolute Gasteiger partial charge is 0.399 e. The second-order valence-electron chi connectivity index (χ2n) is 13.5. The van der Waals surface area contributed by atoms with E-state index in [2.05, 4.69) is 55.7 Å². The van der Waals surface area contributed by atoms with Crippen LogP contribution in [-0.2, 0) is 24.3 Å². The molecule has 5 aliphatic rings. The number of amides is 2. The van der Waals surface area contributed by atoms with Gasteiger partial charge in [0.15, 0.2) is 0 Å². The van der Waals surface area contributed by atoms with E-state index in [-0.39, 0.29) is 17.9 Å². The Morgan fingerprint density at radius 2 is 1.62 bits per heavy atom. The Hall–Kier alpha value is -1.94. The third-order valence-electron chi connectivity index (χ3n) is 10.6. The van der Waals surface area contributed by atoms with Crippen molar-refractivity contribution in [3.05, 3.63) is 23.8 Å². The van der Waals surface area contributed by atoms with Gasteiger partial charge in [-0.3, -0.25) is 14.5 Å². The Balaban J connectivity index is 1.30. The third kappa shape index (κ3) is 4.35. The lowest BCUT2D eigenvalue weighted by molar-refractivity contribution is -0.142. The van der Waals surface area contributed by atoms with Crippen molar-refractivity contribution in [2.24, 2.45) is 0 Å². The standard InChI is InChI=1S/C30H44BN3O5/c1-20(35)26(36)32-15-13-30(14-16-32)24-12-11-21(31-38-28(2,3)29(4,5)39-31)17-25(24)34(27(30)37)23-18-33(19-23)22-9-7-6-8-10-22/h11-12,17,20,22-23,35H,6-10,13-16,18-19H2,1-5H3/t20-/m1/s1. The molecule has 8 nitrogen and oxygen atoms in total. The Bertz CT molecular complexity index is 1120. The Morgan fingerprint density at radius 1 is 1.00 bits per heavy atom. The van der Waals surface area contributed by atoms with Crippen molar-refractivity contribution < 1.29 is 24.0 Å². The molecule has 39 heavy (non-hydrogen) atoms. The first kappa shape index (κ1) is 27.2. The van der Waals surface area contributed by atoms with Crippen molar-refractivity contribution in [1.29, 1.82) is 0 Å². The second-order valence-corrected chi connectivity index (χ2v) is 13.5. The molecule has 2 amide bonds. The maximum absolute atomic E-state index is 14.4. The van der Waals surface area contributed by atoms with Gasteiger partial charge in [0.05, 0.1) is 22.7 Å². The van der Waals surface area contributed by atoms with Gasteiger partial charge < -0.3 is 24.2 Å². The first-order valence-corrected chi connectivity index (χ1v) is 15.0. The van der Waals surface area contributed by atoms with Gasteiger partial charge in [0, 0.05) is 37.9 Å². The lowest BCUT2D eigenvalue weighted by Gasteiger charge is -2.49. The monoisotopic (exact) mass is 537 g/mol. The van der Waals surface area contributed by atoms with Gasteiger partial charge in [0.2, 0.25) is 5.91 Å². The van der Waals surface area contributed by atoms with Crippen LogP contribution in [0, 0.1) is 0 Å². The minimum absolute atomic E-state index is 0.156. The number of piperidine rings is 1. The summed E-state index contributed by atoms with van der Waals surface area (Å²) in [5.74, 6) is -0.0911. The number of fused-ring (bicyclic) bond motifs is 2.